The van der Waals surface area contributed by atoms with Gasteiger partial charge < -0.3 is 20.1 Å². The van der Waals surface area contributed by atoms with Gasteiger partial charge in [-0.25, -0.2) is 0 Å². The molecule has 1 aromatic carbocycles. The molecule has 1 saturated carbocycles. The van der Waals surface area contributed by atoms with Gasteiger partial charge >= 0.3 is 0 Å². The number of benzene rings is 1. The van der Waals surface area contributed by atoms with Gasteiger partial charge in [-0.2, -0.15) is 0 Å². The van der Waals surface area contributed by atoms with Crippen molar-refractivity contribution in [3.63, 3.8) is 0 Å². The second kappa shape index (κ2) is 6.61. The zero-order valence-electron chi connectivity index (χ0n) is 11.2. The number of nitrogens with one attached hydrogen (secondary N) is 2. The molecule has 0 spiro atoms. The first-order chi connectivity index (χ1) is 8.83. The third kappa shape index (κ3) is 3.89. The molecule has 1 fully saturated rings. The van der Waals surface area contributed by atoms with Gasteiger partial charge in [0.2, 0.25) is 0 Å². The lowest BCUT2D eigenvalue weighted by Gasteiger charge is -2.11. The Bertz CT molecular complexity index is 378. The molecule has 1 aliphatic carbocycles. The fourth-order valence-corrected chi connectivity index (χ4v) is 1.90. The van der Waals surface area contributed by atoms with Crippen molar-refractivity contribution in [2.75, 3.05) is 27.3 Å². The van der Waals surface area contributed by atoms with Crippen molar-refractivity contribution >= 4 is 0 Å². The zero-order valence-corrected chi connectivity index (χ0v) is 11.2. The summed E-state index contributed by atoms with van der Waals surface area (Å²) in [6, 6.07) is 6.65. The maximum absolute atomic E-state index is 5.34. The van der Waals surface area contributed by atoms with Crippen molar-refractivity contribution in [1.29, 1.82) is 0 Å². The fourth-order valence-electron chi connectivity index (χ4n) is 1.90. The van der Waals surface area contributed by atoms with Gasteiger partial charge in [-0.3, -0.25) is 0 Å². The Morgan fingerprint density at radius 1 is 1.17 bits per heavy atom. The second-order valence-corrected chi connectivity index (χ2v) is 4.58. The first-order valence-corrected chi connectivity index (χ1v) is 6.48. The number of rotatable bonds is 8. The predicted molar refractivity (Wildman–Crippen MR) is 72.3 cm³/mol. The van der Waals surface area contributed by atoms with Crippen molar-refractivity contribution in [2.45, 2.75) is 25.4 Å². The van der Waals surface area contributed by atoms with Gasteiger partial charge in [0.1, 0.15) is 11.5 Å². The van der Waals surface area contributed by atoms with Crippen LogP contribution in [0, 0.1) is 0 Å². The van der Waals surface area contributed by atoms with E-state index in [0.717, 1.165) is 42.7 Å². The minimum atomic E-state index is 0.776. The minimum absolute atomic E-state index is 0.776. The van der Waals surface area contributed by atoms with Gasteiger partial charge in [-0.1, -0.05) is 0 Å². The Morgan fingerprint density at radius 2 is 2.00 bits per heavy atom. The van der Waals surface area contributed by atoms with Crippen LogP contribution in [0.4, 0.5) is 0 Å². The van der Waals surface area contributed by atoms with Crippen LogP contribution in [0.2, 0.25) is 0 Å². The van der Waals surface area contributed by atoms with Crippen LogP contribution in [0.3, 0.4) is 0 Å². The molecule has 0 unspecified atom stereocenters. The Labute approximate surface area is 109 Å². The average molecular weight is 250 g/mol. The number of ether oxygens (including phenoxy) is 2. The molecule has 1 aromatic rings. The first-order valence-electron chi connectivity index (χ1n) is 6.48. The third-order valence-corrected chi connectivity index (χ3v) is 3.12. The smallest absolute Gasteiger partial charge is 0.123 e. The Kier molecular flexibility index (Phi) is 4.84. The molecule has 0 amide bonds. The van der Waals surface area contributed by atoms with Crippen molar-refractivity contribution in [1.82, 2.24) is 10.6 Å². The Hall–Kier alpha value is -1.26. The molecule has 0 heterocycles. The average Bonchev–Trinajstić information content (AvgIpc) is 3.22. The van der Waals surface area contributed by atoms with Crippen LogP contribution >= 0.6 is 0 Å². The maximum atomic E-state index is 5.34. The standard InChI is InChI=1S/C14H22N2O2/c1-17-13-5-6-14(18-2)11(9-13)10-15-7-8-16-12-3-4-12/h5-6,9,12,15-16H,3-4,7-8,10H2,1-2H3. The van der Waals surface area contributed by atoms with Crippen LogP contribution in [-0.2, 0) is 6.54 Å². The maximum Gasteiger partial charge on any atom is 0.123 e. The van der Waals surface area contributed by atoms with Crippen molar-refractivity contribution in [2.24, 2.45) is 0 Å². The highest BCUT2D eigenvalue weighted by molar-refractivity contribution is 5.40. The van der Waals surface area contributed by atoms with Crippen molar-refractivity contribution < 1.29 is 9.47 Å². The summed E-state index contributed by atoms with van der Waals surface area (Å²) in [5.41, 5.74) is 1.13. The number of methoxy groups -OCH3 is 2. The number of hydrogen-bond acceptors (Lipinski definition) is 4. The van der Waals surface area contributed by atoms with E-state index in [1.807, 2.05) is 18.2 Å². The van der Waals surface area contributed by atoms with E-state index in [4.69, 9.17) is 9.47 Å². The molecule has 2 rings (SSSR count). The van der Waals surface area contributed by atoms with E-state index in [1.54, 1.807) is 14.2 Å². The zero-order chi connectivity index (χ0) is 12.8. The van der Waals surface area contributed by atoms with E-state index in [9.17, 15) is 0 Å². The SMILES string of the molecule is COc1ccc(OC)c(CNCCNC2CC2)c1. The lowest BCUT2D eigenvalue weighted by molar-refractivity contribution is 0.397. The molecule has 0 aromatic heterocycles. The number of hydrogen-bond donors (Lipinski definition) is 2. The van der Waals surface area contributed by atoms with Crippen LogP contribution in [-0.4, -0.2) is 33.4 Å². The van der Waals surface area contributed by atoms with Crippen LogP contribution in [0.15, 0.2) is 18.2 Å². The van der Waals surface area contributed by atoms with Crippen molar-refractivity contribution in [3.05, 3.63) is 23.8 Å². The Morgan fingerprint density at radius 3 is 2.67 bits per heavy atom. The highest BCUT2D eigenvalue weighted by atomic mass is 16.5. The molecule has 0 saturated heterocycles. The molecule has 4 heteroatoms. The molecule has 0 aliphatic heterocycles. The highest BCUT2D eigenvalue weighted by Gasteiger charge is 2.19. The van der Waals surface area contributed by atoms with Gasteiger partial charge in [-0.15, -0.1) is 0 Å². The Balaban J connectivity index is 1.78. The molecule has 100 valence electrons. The monoisotopic (exact) mass is 250 g/mol. The summed E-state index contributed by atoms with van der Waals surface area (Å²) in [4.78, 5) is 0. The van der Waals surface area contributed by atoms with Crippen LogP contribution in [0.25, 0.3) is 0 Å². The van der Waals surface area contributed by atoms with Crippen LogP contribution in [0.1, 0.15) is 18.4 Å². The van der Waals surface area contributed by atoms with Crippen LogP contribution < -0.4 is 20.1 Å². The van der Waals surface area contributed by atoms with Crippen LogP contribution in [0.5, 0.6) is 11.5 Å². The summed E-state index contributed by atoms with van der Waals surface area (Å²) in [5, 5.41) is 6.89. The quantitative estimate of drug-likeness (QED) is 0.687. The molecule has 4 nitrogen and oxygen atoms in total. The van der Waals surface area contributed by atoms with Gasteiger partial charge in [0.15, 0.2) is 0 Å². The van der Waals surface area contributed by atoms with E-state index in [-0.39, 0.29) is 0 Å². The largest absolute Gasteiger partial charge is 0.497 e. The molecular formula is C14H22N2O2. The topological polar surface area (TPSA) is 42.5 Å². The second-order valence-electron chi connectivity index (χ2n) is 4.58. The third-order valence-electron chi connectivity index (χ3n) is 3.12. The lowest BCUT2D eigenvalue weighted by atomic mass is 10.2. The summed E-state index contributed by atoms with van der Waals surface area (Å²) in [7, 11) is 3.37. The summed E-state index contributed by atoms with van der Waals surface area (Å²) in [6.45, 7) is 2.79. The predicted octanol–water partition coefficient (Wildman–Crippen LogP) is 1.55. The summed E-state index contributed by atoms with van der Waals surface area (Å²) in [6.07, 6.45) is 2.67. The van der Waals surface area contributed by atoms with Gasteiger partial charge in [0, 0.05) is 31.2 Å². The highest BCUT2D eigenvalue weighted by Crippen LogP contribution is 2.23. The molecule has 0 bridgehead atoms. The van der Waals surface area contributed by atoms with Gasteiger partial charge in [0.05, 0.1) is 14.2 Å². The summed E-state index contributed by atoms with van der Waals surface area (Å²) in [5.74, 6) is 1.77. The fraction of sp³-hybridized carbons (Fsp3) is 0.571. The van der Waals surface area contributed by atoms with E-state index in [2.05, 4.69) is 10.6 Å². The molecular weight excluding hydrogens is 228 g/mol. The molecule has 0 radical (unpaired) electrons. The van der Waals surface area contributed by atoms with Crippen molar-refractivity contribution in [3.8, 4) is 11.5 Å². The van der Waals surface area contributed by atoms with E-state index in [0.29, 0.717) is 0 Å². The van der Waals surface area contributed by atoms with Gasteiger partial charge in [0.25, 0.3) is 0 Å². The molecule has 0 atom stereocenters. The molecule has 18 heavy (non-hydrogen) atoms. The van der Waals surface area contributed by atoms with E-state index in [1.165, 1.54) is 12.8 Å². The first kappa shape index (κ1) is 13.2. The summed E-state index contributed by atoms with van der Waals surface area (Å²) >= 11 is 0. The normalized spacial score (nSPS) is 14.6. The minimum Gasteiger partial charge on any atom is -0.497 e. The lowest BCUT2D eigenvalue weighted by Crippen LogP contribution is -2.28. The summed E-state index contributed by atoms with van der Waals surface area (Å²) < 4.78 is 10.6. The molecule has 2 N–H and O–H groups in total. The van der Waals surface area contributed by atoms with Gasteiger partial charge in [-0.05, 0) is 31.0 Å². The molecule has 1 aliphatic rings. The van der Waals surface area contributed by atoms with E-state index < -0.39 is 0 Å². The van der Waals surface area contributed by atoms with E-state index >= 15 is 0 Å².